The zero-order valence-corrected chi connectivity index (χ0v) is 21.7. The minimum absolute atomic E-state index is 0.0503. The molecule has 2 aromatic rings. The van der Waals surface area contributed by atoms with Gasteiger partial charge < -0.3 is 25.2 Å². The van der Waals surface area contributed by atoms with E-state index < -0.39 is 35.8 Å². The number of nitrogens with one attached hydrogen (secondary N) is 2. The minimum Gasteiger partial charge on any atom is -0.477 e. The van der Waals surface area contributed by atoms with Crippen LogP contribution < -0.4 is 15.4 Å². The number of carboxylic acids is 1. The molecule has 1 aliphatic rings. The second-order valence-electron chi connectivity index (χ2n) is 9.24. The van der Waals surface area contributed by atoms with Crippen molar-refractivity contribution in [2.45, 2.75) is 64.6 Å². The highest BCUT2D eigenvalue weighted by Gasteiger charge is 2.24. The molecule has 204 valence electrons. The van der Waals surface area contributed by atoms with Crippen molar-refractivity contribution < 1.29 is 33.3 Å². The summed E-state index contributed by atoms with van der Waals surface area (Å²) in [6.07, 6.45) is 6.41. The van der Waals surface area contributed by atoms with Gasteiger partial charge in [0.15, 0.2) is 5.56 Å². The Morgan fingerprint density at radius 1 is 1.16 bits per heavy atom. The van der Waals surface area contributed by atoms with Gasteiger partial charge in [0.1, 0.15) is 23.2 Å². The van der Waals surface area contributed by atoms with Gasteiger partial charge in [0.25, 0.3) is 0 Å². The van der Waals surface area contributed by atoms with Crippen LogP contribution in [-0.2, 0) is 6.61 Å². The number of anilines is 1. The molecular formula is C25H34F2N4O5S. The first-order valence-electron chi connectivity index (χ1n) is 12.5. The number of aromatic nitrogens is 1. The van der Waals surface area contributed by atoms with Crippen LogP contribution in [0.1, 0.15) is 66.4 Å². The number of carbonyl (C=O) groups excluding carboxylic acids is 1. The van der Waals surface area contributed by atoms with E-state index in [4.69, 9.17) is 4.74 Å². The lowest BCUT2D eigenvalue weighted by Crippen LogP contribution is -2.36. The topological polar surface area (TPSA) is 124 Å². The Morgan fingerprint density at radius 3 is 2.54 bits per heavy atom. The lowest BCUT2D eigenvalue weighted by molar-refractivity contribution is 0.0692. The van der Waals surface area contributed by atoms with E-state index in [0.717, 1.165) is 38.1 Å². The standard InChI is InChI=1S/C25H34F2N4O5S/c1-16-12-19(26)18(20(27)13-16)15-36-22-21(24(33)34)23(37-30-22)29-25(35)28-9-5-2-4-8-17(32)14-31-10-6-3-7-11-31/h12-13,17,32H,2-11,14-15H2,1H3,(H,33,34)(H2,28,29,35). The van der Waals surface area contributed by atoms with Crippen molar-refractivity contribution in [2.24, 2.45) is 0 Å². The highest BCUT2D eigenvalue weighted by atomic mass is 32.1. The quantitative estimate of drug-likeness (QED) is 0.275. The summed E-state index contributed by atoms with van der Waals surface area (Å²) in [4.78, 5) is 26.3. The smallest absolute Gasteiger partial charge is 0.344 e. The summed E-state index contributed by atoms with van der Waals surface area (Å²) in [7, 11) is 0. The van der Waals surface area contributed by atoms with Crippen LogP contribution in [0.4, 0.5) is 18.6 Å². The first kappa shape index (κ1) is 28.7. The van der Waals surface area contributed by atoms with Gasteiger partial charge in [-0.2, -0.15) is 4.37 Å². The summed E-state index contributed by atoms with van der Waals surface area (Å²) in [5.74, 6) is -3.35. The van der Waals surface area contributed by atoms with Gasteiger partial charge in [-0.25, -0.2) is 18.4 Å². The number of carboxylic acid groups (broad SMARTS) is 1. The summed E-state index contributed by atoms with van der Waals surface area (Å²) in [5, 5.41) is 24.8. The number of hydrogen-bond donors (Lipinski definition) is 4. The summed E-state index contributed by atoms with van der Waals surface area (Å²) in [6.45, 7) is 4.19. The number of aryl methyl sites for hydroxylation is 1. The van der Waals surface area contributed by atoms with E-state index in [2.05, 4.69) is 19.9 Å². The molecule has 0 bridgehead atoms. The summed E-state index contributed by atoms with van der Waals surface area (Å²) in [6, 6.07) is 1.70. The summed E-state index contributed by atoms with van der Waals surface area (Å²) in [5.41, 5.74) is -0.335. The molecule has 3 rings (SSSR count). The Labute approximate surface area is 219 Å². The number of aliphatic hydroxyl groups is 1. The molecule has 12 heteroatoms. The molecule has 0 radical (unpaired) electrons. The lowest BCUT2D eigenvalue weighted by atomic mass is 10.1. The number of ether oxygens (including phenoxy) is 1. The van der Waals surface area contributed by atoms with E-state index in [-0.39, 0.29) is 22.5 Å². The molecule has 37 heavy (non-hydrogen) atoms. The number of likely N-dealkylation sites (tertiary alicyclic amines) is 1. The number of piperidine rings is 1. The third-order valence-electron chi connectivity index (χ3n) is 6.16. The maximum Gasteiger partial charge on any atom is 0.344 e. The normalized spacial score (nSPS) is 14.8. The van der Waals surface area contributed by atoms with Crippen LogP contribution in [0.5, 0.6) is 5.88 Å². The Hall–Kier alpha value is -2.83. The minimum atomic E-state index is -1.40. The van der Waals surface area contributed by atoms with Crippen molar-refractivity contribution in [2.75, 3.05) is 31.5 Å². The molecule has 1 atom stereocenters. The van der Waals surface area contributed by atoms with Crippen molar-refractivity contribution in [3.63, 3.8) is 0 Å². The van der Waals surface area contributed by atoms with Gasteiger partial charge in [0.2, 0.25) is 5.88 Å². The van der Waals surface area contributed by atoms with Gasteiger partial charge in [-0.3, -0.25) is 5.32 Å². The number of halogens is 2. The highest BCUT2D eigenvalue weighted by Crippen LogP contribution is 2.31. The predicted molar refractivity (Wildman–Crippen MR) is 136 cm³/mol. The summed E-state index contributed by atoms with van der Waals surface area (Å²) >= 11 is 0.696. The number of carbonyl (C=O) groups is 2. The number of urea groups is 1. The molecule has 1 aromatic carbocycles. The largest absolute Gasteiger partial charge is 0.477 e. The average molecular weight is 541 g/mol. The number of nitrogens with zero attached hydrogens (tertiary/aromatic N) is 2. The van der Waals surface area contributed by atoms with Crippen molar-refractivity contribution in [1.82, 2.24) is 14.6 Å². The number of unbranched alkanes of at least 4 members (excludes halogenated alkanes) is 2. The fourth-order valence-electron chi connectivity index (χ4n) is 4.22. The zero-order chi connectivity index (χ0) is 26.8. The van der Waals surface area contributed by atoms with E-state index in [0.29, 0.717) is 43.0 Å². The van der Waals surface area contributed by atoms with Gasteiger partial charge >= 0.3 is 12.0 Å². The molecule has 0 spiro atoms. The van der Waals surface area contributed by atoms with Gasteiger partial charge in [-0.1, -0.05) is 19.3 Å². The van der Waals surface area contributed by atoms with E-state index in [1.807, 2.05) is 0 Å². The fraction of sp³-hybridized carbons (Fsp3) is 0.560. The van der Waals surface area contributed by atoms with Crippen LogP contribution in [0.15, 0.2) is 12.1 Å². The molecular weight excluding hydrogens is 506 g/mol. The van der Waals surface area contributed by atoms with E-state index in [1.165, 1.54) is 19.3 Å². The van der Waals surface area contributed by atoms with Crippen LogP contribution in [0.2, 0.25) is 0 Å². The van der Waals surface area contributed by atoms with Crippen molar-refractivity contribution in [3.8, 4) is 5.88 Å². The van der Waals surface area contributed by atoms with E-state index in [1.54, 1.807) is 6.92 Å². The summed E-state index contributed by atoms with van der Waals surface area (Å²) < 4.78 is 37.3. The Kier molecular flexibility index (Phi) is 11.0. The van der Waals surface area contributed by atoms with Gasteiger partial charge in [0, 0.05) is 13.1 Å². The molecule has 4 N–H and O–H groups in total. The maximum atomic E-state index is 14.0. The van der Waals surface area contributed by atoms with E-state index >= 15 is 0 Å². The fourth-order valence-corrected chi connectivity index (χ4v) is 4.94. The number of amides is 2. The second kappa shape index (κ2) is 14.2. The number of aromatic carboxylic acids is 1. The van der Waals surface area contributed by atoms with Crippen molar-refractivity contribution in [1.29, 1.82) is 0 Å². The lowest BCUT2D eigenvalue weighted by Gasteiger charge is -2.28. The Bertz CT molecular complexity index is 1040. The predicted octanol–water partition coefficient (Wildman–Crippen LogP) is 4.54. The zero-order valence-electron chi connectivity index (χ0n) is 20.9. The molecule has 0 aliphatic carbocycles. The molecule has 0 saturated carbocycles. The maximum absolute atomic E-state index is 14.0. The van der Waals surface area contributed by atoms with E-state index in [9.17, 15) is 28.6 Å². The number of hydrogen-bond acceptors (Lipinski definition) is 7. The number of benzene rings is 1. The SMILES string of the molecule is Cc1cc(F)c(COc2nsc(NC(=O)NCCCCCC(O)CN3CCCCC3)c2C(=O)O)c(F)c1. The Balaban J connectivity index is 1.40. The molecule has 1 fully saturated rings. The first-order chi connectivity index (χ1) is 17.7. The number of β-amino-alcohol motifs (C(OH)–C–C–N with tert-alkyl or cyclic N) is 1. The van der Waals surface area contributed by atoms with Crippen molar-refractivity contribution in [3.05, 3.63) is 40.5 Å². The third-order valence-corrected chi connectivity index (χ3v) is 6.90. The third kappa shape index (κ3) is 8.90. The second-order valence-corrected chi connectivity index (χ2v) is 10.0. The number of rotatable bonds is 13. The van der Waals surface area contributed by atoms with Crippen LogP contribution in [0.25, 0.3) is 0 Å². The molecule has 1 saturated heterocycles. The van der Waals surface area contributed by atoms with Crippen molar-refractivity contribution >= 4 is 28.5 Å². The van der Waals surface area contributed by atoms with Crippen LogP contribution in [0.3, 0.4) is 0 Å². The van der Waals surface area contributed by atoms with Gasteiger partial charge in [-0.15, -0.1) is 0 Å². The van der Waals surface area contributed by atoms with Crippen LogP contribution >= 0.6 is 11.5 Å². The average Bonchev–Trinajstić information content (AvgIpc) is 3.23. The molecule has 1 aliphatic heterocycles. The number of aliphatic hydroxyl groups excluding tert-OH is 1. The first-order valence-corrected chi connectivity index (χ1v) is 13.3. The molecule has 9 nitrogen and oxygen atoms in total. The van der Waals surface area contributed by atoms with Gasteiger partial charge in [0.05, 0.1) is 11.7 Å². The highest BCUT2D eigenvalue weighted by molar-refractivity contribution is 7.11. The Morgan fingerprint density at radius 2 is 1.86 bits per heavy atom. The molecule has 2 amide bonds. The molecule has 2 heterocycles. The van der Waals surface area contributed by atoms with Gasteiger partial charge in [-0.05, 0) is 74.9 Å². The molecule has 1 unspecified atom stereocenters. The molecule has 1 aromatic heterocycles. The van der Waals surface area contributed by atoms with Crippen LogP contribution in [0, 0.1) is 18.6 Å². The van der Waals surface area contributed by atoms with Crippen LogP contribution in [-0.4, -0.2) is 63.8 Å². The monoisotopic (exact) mass is 540 g/mol.